The number of rotatable bonds is 4. The van der Waals surface area contributed by atoms with Gasteiger partial charge in [0.15, 0.2) is 5.69 Å². The largest absolute Gasteiger partial charge is 0.496 e. The lowest BCUT2D eigenvalue weighted by molar-refractivity contribution is 0.0689. The molecule has 94 valence electrons. The average Bonchev–Trinajstić information content (AvgIpc) is 2.78. The second-order valence-corrected chi connectivity index (χ2v) is 4.44. The van der Waals surface area contributed by atoms with Gasteiger partial charge in [0, 0.05) is 10.0 Å². The van der Waals surface area contributed by atoms with Crippen molar-refractivity contribution in [2.75, 3.05) is 7.11 Å². The fraction of sp³-hybridized carbons (Fsp3) is 0.182. The predicted octanol–water partition coefficient (Wildman–Crippen LogP) is 1.80. The van der Waals surface area contributed by atoms with Crippen molar-refractivity contribution in [3.05, 3.63) is 40.1 Å². The van der Waals surface area contributed by atoms with Crippen molar-refractivity contribution in [2.45, 2.75) is 6.54 Å². The van der Waals surface area contributed by atoms with E-state index in [1.165, 1.54) is 11.0 Å². The van der Waals surface area contributed by atoms with Gasteiger partial charge in [-0.3, -0.25) is 0 Å². The fourth-order valence-electron chi connectivity index (χ4n) is 1.49. The van der Waals surface area contributed by atoms with Crippen LogP contribution < -0.4 is 4.74 Å². The van der Waals surface area contributed by atoms with Gasteiger partial charge in [0.1, 0.15) is 5.75 Å². The number of benzene rings is 1. The lowest BCUT2D eigenvalue weighted by Crippen LogP contribution is -2.07. The molecule has 2 rings (SSSR count). The topological polar surface area (TPSA) is 77.2 Å². The number of carbonyl (C=O) groups is 1. The minimum Gasteiger partial charge on any atom is -0.496 e. The molecule has 0 saturated carbocycles. The quantitative estimate of drug-likeness (QED) is 0.931. The molecule has 7 heteroatoms. The second kappa shape index (κ2) is 5.18. The highest BCUT2D eigenvalue weighted by Gasteiger charge is 2.10. The molecule has 0 radical (unpaired) electrons. The molecule has 18 heavy (non-hydrogen) atoms. The van der Waals surface area contributed by atoms with E-state index in [0.717, 1.165) is 10.0 Å². The monoisotopic (exact) mass is 311 g/mol. The molecule has 6 nitrogen and oxygen atoms in total. The maximum Gasteiger partial charge on any atom is 0.358 e. The van der Waals surface area contributed by atoms with Gasteiger partial charge in [-0.2, -0.15) is 9.90 Å². The summed E-state index contributed by atoms with van der Waals surface area (Å²) in [6, 6.07) is 5.56. The maximum absolute atomic E-state index is 10.7. The van der Waals surface area contributed by atoms with E-state index < -0.39 is 5.97 Å². The first-order chi connectivity index (χ1) is 8.60. The normalized spacial score (nSPS) is 10.3. The Labute approximate surface area is 111 Å². The molecule has 1 heterocycles. The van der Waals surface area contributed by atoms with Crippen molar-refractivity contribution in [3.8, 4) is 5.75 Å². The van der Waals surface area contributed by atoms with E-state index >= 15 is 0 Å². The van der Waals surface area contributed by atoms with Gasteiger partial charge >= 0.3 is 5.97 Å². The minimum absolute atomic E-state index is 0.0797. The number of hydrogen-bond acceptors (Lipinski definition) is 4. The third-order valence-corrected chi connectivity index (χ3v) is 2.80. The second-order valence-electron chi connectivity index (χ2n) is 3.52. The molecule has 0 unspecified atom stereocenters. The third kappa shape index (κ3) is 2.67. The Hall–Kier alpha value is -1.89. The number of methoxy groups -OCH3 is 1. The third-order valence-electron chi connectivity index (χ3n) is 2.31. The van der Waals surface area contributed by atoms with Crippen molar-refractivity contribution in [1.82, 2.24) is 15.0 Å². The van der Waals surface area contributed by atoms with Crippen LogP contribution in [0.4, 0.5) is 0 Å². The molecule has 1 N–H and O–H groups in total. The Morgan fingerprint density at radius 2 is 2.33 bits per heavy atom. The zero-order valence-electron chi connectivity index (χ0n) is 9.50. The molecule has 0 aliphatic carbocycles. The number of halogens is 1. The Kier molecular flexibility index (Phi) is 3.61. The van der Waals surface area contributed by atoms with Crippen LogP contribution in [-0.2, 0) is 6.54 Å². The van der Waals surface area contributed by atoms with Crippen molar-refractivity contribution >= 4 is 21.9 Å². The van der Waals surface area contributed by atoms with Crippen molar-refractivity contribution in [2.24, 2.45) is 0 Å². The number of ether oxygens (including phenoxy) is 1. The van der Waals surface area contributed by atoms with Gasteiger partial charge in [0.25, 0.3) is 0 Å². The van der Waals surface area contributed by atoms with E-state index in [0.29, 0.717) is 12.3 Å². The van der Waals surface area contributed by atoms with E-state index in [9.17, 15) is 4.79 Å². The summed E-state index contributed by atoms with van der Waals surface area (Å²) in [5, 5.41) is 16.5. The summed E-state index contributed by atoms with van der Waals surface area (Å²) in [5.74, 6) is -0.394. The molecule has 0 bridgehead atoms. The molecular formula is C11H10BrN3O3. The van der Waals surface area contributed by atoms with Crippen molar-refractivity contribution < 1.29 is 14.6 Å². The summed E-state index contributed by atoms with van der Waals surface area (Å²) in [5.41, 5.74) is 0.781. The first-order valence-corrected chi connectivity index (χ1v) is 5.85. The SMILES string of the molecule is COc1ccc(Br)cc1Cn1ncc(C(=O)O)n1. The number of aromatic nitrogens is 3. The van der Waals surface area contributed by atoms with Crippen LogP contribution >= 0.6 is 15.9 Å². The Morgan fingerprint density at radius 1 is 1.56 bits per heavy atom. The lowest BCUT2D eigenvalue weighted by atomic mass is 10.2. The summed E-state index contributed by atoms with van der Waals surface area (Å²) in [4.78, 5) is 12.0. The predicted molar refractivity (Wildman–Crippen MR) is 66.8 cm³/mol. The van der Waals surface area contributed by atoms with Gasteiger partial charge in [-0.25, -0.2) is 4.79 Å². The first-order valence-electron chi connectivity index (χ1n) is 5.06. The summed E-state index contributed by atoms with van der Waals surface area (Å²) < 4.78 is 6.13. The molecule has 0 atom stereocenters. The van der Waals surface area contributed by atoms with E-state index in [4.69, 9.17) is 9.84 Å². The number of carboxylic acid groups (broad SMARTS) is 1. The average molecular weight is 312 g/mol. The fourth-order valence-corrected chi connectivity index (χ4v) is 1.90. The van der Waals surface area contributed by atoms with Gasteiger partial charge in [-0.15, -0.1) is 5.10 Å². The number of nitrogens with zero attached hydrogens (tertiary/aromatic N) is 3. The van der Waals surface area contributed by atoms with Crippen LogP contribution in [0, 0.1) is 0 Å². The zero-order chi connectivity index (χ0) is 13.1. The van der Waals surface area contributed by atoms with Crippen LogP contribution in [0.1, 0.15) is 16.1 Å². The Morgan fingerprint density at radius 3 is 2.94 bits per heavy atom. The van der Waals surface area contributed by atoms with Gasteiger partial charge in [-0.1, -0.05) is 15.9 Å². The molecule has 0 fully saturated rings. The summed E-state index contributed by atoms with van der Waals surface area (Å²) in [6.45, 7) is 0.343. The first kappa shape index (κ1) is 12.6. The lowest BCUT2D eigenvalue weighted by Gasteiger charge is -2.08. The number of hydrogen-bond donors (Lipinski definition) is 1. The highest BCUT2D eigenvalue weighted by atomic mass is 79.9. The minimum atomic E-state index is -1.09. The summed E-state index contributed by atoms with van der Waals surface area (Å²) >= 11 is 3.37. The molecule has 0 aliphatic rings. The Balaban J connectivity index is 2.27. The van der Waals surface area contributed by atoms with Crippen LogP contribution in [-0.4, -0.2) is 33.2 Å². The smallest absolute Gasteiger partial charge is 0.358 e. The van der Waals surface area contributed by atoms with Gasteiger partial charge in [0.05, 0.1) is 19.9 Å². The Bertz CT molecular complexity index is 583. The summed E-state index contributed by atoms with van der Waals surface area (Å²) in [7, 11) is 1.58. The van der Waals surface area contributed by atoms with E-state index in [1.54, 1.807) is 7.11 Å². The highest BCUT2D eigenvalue weighted by molar-refractivity contribution is 9.10. The van der Waals surface area contributed by atoms with E-state index in [-0.39, 0.29) is 5.69 Å². The molecule has 0 saturated heterocycles. The van der Waals surface area contributed by atoms with Crippen molar-refractivity contribution in [3.63, 3.8) is 0 Å². The number of aromatic carboxylic acids is 1. The van der Waals surface area contributed by atoms with Crippen LogP contribution in [0.25, 0.3) is 0 Å². The van der Waals surface area contributed by atoms with E-state index in [1.807, 2.05) is 18.2 Å². The molecule has 0 spiro atoms. The van der Waals surface area contributed by atoms with Crippen LogP contribution in [0.5, 0.6) is 5.75 Å². The standard InChI is InChI=1S/C11H10BrN3O3/c1-18-10-3-2-8(12)4-7(10)6-15-13-5-9(14-15)11(16)17/h2-5H,6H2,1H3,(H,16,17). The van der Waals surface area contributed by atoms with Gasteiger partial charge < -0.3 is 9.84 Å². The van der Waals surface area contributed by atoms with Gasteiger partial charge in [-0.05, 0) is 18.2 Å². The van der Waals surface area contributed by atoms with E-state index in [2.05, 4.69) is 26.1 Å². The number of carboxylic acids is 1. The molecule has 1 aromatic heterocycles. The molecule has 1 aromatic carbocycles. The molecule has 0 amide bonds. The van der Waals surface area contributed by atoms with Crippen molar-refractivity contribution in [1.29, 1.82) is 0 Å². The summed E-state index contributed by atoms with van der Waals surface area (Å²) in [6.07, 6.45) is 1.22. The highest BCUT2D eigenvalue weighted by Crippen LogP contribution is 2.23. The molecule has 2 aromatic rings. The molecule has 0 aliphatic heterocycles. The van der Waals surface area contributed by atoms with Crippen LogP contribution in [0.3, 0.4) is 0 Å². The zero-order valence-corrected chi connectivity index (χ0v) is 11.1. The van der Waals surface area contributed by atoms with Gasteiger partial charge in [0.2, 0.25) is 0 Å². The molecular weight excluding hydrogens is 302 g/mol. The maximum atomic E-state index is 10.7. The van der Waals surface area contributed by atoms with Crippen LogP contribution in [0.15, 0.2) is 28.9 Å². The van der Waals surface area contributed by atoms with Crippen LogP contribution in [0.2, 0.25) is 0 Å².